The lowest BCUT2D eigenvalue weighted by Gasteiger charge is -2.28. The summed E-state index contributed by atoms with van der Waals surface area (Å²) in [6.45, 7) is 4.59. The number of methoxy groups -OCH3 is 1. The van der Waals surface area contributed by atoms with E-state index in [0.717, 1.165) is 17.1 Å². The quantitative estimate of drug-likeness (QED) is 0.785. The van der Waals surface area contributed by atoms with E-state index in [1.165, 1.54) is 0 Å². The van der Waals surface area contributed by atoms with Gasteiger partial charge in [-0.05, 0) is 36.8 Å². The summed E-state index contributed by atoms with van der Waals surface area (Å²) in [6.07, 6.45) is 0. The van der Waals surface area contributed by atoms with E-state index in [2.05, 4.69) is 0 Å². The monoisotopic (exact) mass is 313 g/mol. The zero-order chi connectivity index (χ0) is 16.7. The van der Waals surface area contributed by atoms with Crippen molar-refractivity contribution in [2.24, 2.45) is 0 Å². The second kappa shape index (κ2) is 8.22. The van der Waals surface area contributed by atoms with Crippen LogP contribution in [0.25, 0.3) is 0 Å². The van der Waals surface area contributed by atoms with Crippen molar-refractivity contribution in [2.75, 3.05) is 13.7 Å². The van der Waals surface area contributed by atoms with Gasteiger partial charge in [-0.3, -0.25) is 4.79 Å². The molecule has 122 valence electrons. The Balaban J connectivity index is 1.97. The number of amides is 1. The maximum Gasteiger partial charge on any atom is 0.220 e. The van der Waals surface area contributed by atoms with Gasteiger partial charge >= 0.3 is 0 Å². The first kappa shape index (κ1) is 16.9. The van der Waals surface area contributed by atoms with E-state index in [1.807, 2.05) is 66.4 Å². The summed E-state index contributed by atoms with van der Waals surface area (Å²) in [7, 11) is 1.64. The molecule has 2 aromatic rings. The summed E-state index contributed by atoms with van der Waals surface area (Å²) in [5.41, 5.74) is 1.06. The Labute approximate surface area is 137 Å². The molecule has 23 heavy (non-hydrogen) atoms. The summed E-state index contributed by atoms with van der Waals surface area (Å²) in [5.74, 6) is 1.65. The SMILES string of the molecule is COc1ccc(CN(C(C)=O)[C@H](C)COc2ccccc2)cc1. The third-order valence-corrected chi connectivity index (χ3v) is 3.68. The van der Waals surface area contributed by atoms with Gasteiger partial charge in [-0.15, -0.1) is 0 Å². The molecule has 4 nitrogen and oxygen atoms in total. The van der Waals surface area contributed by atoms with Crippen molar-refractivity contribution in [3.8, 4) is 11.5 Å². The Morgan fingerprint density at radius 1 is 1.04 bits per heavy atom. The van der Waals surface area contributed by atoms with E-state index in [0.29, 0.717) is 13.2 Å². The molecule has 0 aliphatic rings. The fraction of sp³-hybridized carbons (Fsp3) is 0.316. The van der Waals surface area contributed by atoms with Crippen molar-refractivity contribution in [2.45, 2.75) is 26.4 Å². The summed E-state index contributed by atoms with van der Waals surface area (Å²) in [6, 6.07) is 17.4. The van der Waals surface area contributed by atoms with Crippen molar-refractivity contribution in [1.29, 1.82) is 0 Å². The van der Waals surface area contributed by atoms with Crippen molar-refractivity contribution in [3.63, 3.8) is 0 Å². The molecule has 2 rings (SSSR count). The van der Waals surface area contributed by atoms with Gasteiger partial charge in [0.15, 0.2) is 0 Å². The molecule has 0 aliphatic carbocycles. The Bertz CT molecular complexity index is 610. The van der Waals surface area contributed by atoms with Crippen LogP contribution in [0.3, 0.4) is 0 Å². The molecule has 0 saturated heterocycles. The number of para-hydroxylation sites is 1. The molecule has 0 fully saturated rings. The van der Waals surface area contributed by atoms with Crippen LogP contribution in [0.2, 0.25) is 0 Å². The zero-order valence-electron chi connectivity index (χ0n) is 13.9. The van der Waals surface area contributed by atoms with Crippen LogP contribution in [0.4, 0.5) is 0 Å². The number of nitrogens with zero attached hydrogens (tertiary/aromatic N) is 1. The van der Waals surface area contributed by atoms with Gasteiger partial charge in [-0.2, -0.15) is 0 Å². The number of rotatable bonds is 7. The van der Waals surface area contributed by atoms with Gasteiger partial charge in [-0.1, -0.05) is 30.3 Å². The van der Waals surface area contributed by atoms with Crippen molar-refractivity contribution in [1.82, 2.24) is 4.90 Å². The van der Waals surface area contributed by atoms with Crippen molar-refractivity contribution < 1.29 is 14.3 Å². The molecule has 4 heteroatoms. The van der Waals surface area contributed by atoms with Gasteiger partial charge in [0.25, 0.3) is 0 Å². The summed E-state index contributed by atoms with van der Waals surface area (Å²) in [4.78, 5) is 13.8. The van der Waals surface area contributed by atoms with E-state index in [4.69, 9.17) is 9.47 Å². The topological polar surface area (TPSA) is 38.8 Å². The van der Waals surface area contributed by atoms with Crippen LogP contribution in [-0.2, 0) is 11.3 Å². The predicted octanol–water partition coefficient (Wildman–Crippen LogP) is 3.51. The Morgan fingerprint density at radius 2 is 1.70 bits per heavy atom. The molecule has 1 atom stereocenters. The molecule has 0 unspecified atom stereocenters. The molecule has 0 aliphatic heterocycles. The first-order valence-electron chi connectivity index (χ1n) is 7.68. The second-order valence-electron chi connectivity index (χ2n) is 5.47. The van der Waals surface area contributed by atoms with E-state index >= 15 is 0 Å². The number of benzene rings is 2. The molecule has 0 radical (unpaired) electrons. The fourth-order valence-corrected chi connectivity index (χ4v) is 2.33. The van der Waals surface area contributed by atoms with Crippen LogP contribution < -0.4 is 9.47 Å². The molecule has 0 saturated carbocycles. The average Bonchev–Trinajstić information content (AvgIpc) is 2.58. The van der Waals surface area contributed by atoms with Gasteiger partial charge in [0.05, 0.1) is 13.2 Å². The van der Waals surface area contributed by atoms with Crippen molar-refractivity contribution in [3.05, 3.63) is 60.2 Å². The molecule has 2 aromatic carbocycles. The first-order valence-corrected chi connectivity index (χ1v) is 7.68. The first-order chi connectivity index (χ1) is 11.1. The molecular formula is C19H23NO3. The van der Waals surface area contributed by atoms with E-state index in [9.17, 15) is 4.79 Å². The largest absolute Gasteiger partial charge is 0.497 e. The minimum absolute atomic E-state index is 0.0187. The molecule has 0 bridgehead atoms. The van der Waals surface area contributed by atoms with Gasteiger partial charge < -0.3 is 14.4 Å². The van der Waals surface area contributed by atoms with Gasteiger partial charge in [0, 0.05) is 13.5 Å². The van der Waals surface area contributed by atoms with Gasteiger partial charge in [0.2, 0.25) is 5.91 Å². The summed E-state index contributed by atoms with van der Waals surface area (Å²) >= 11 is 0. The van der Waals surface area contributed by atoms with E-state index in [-0.39, 0.29) is 11.9 Å². The highest BCUT2D eigenvalue weighted by Gasteiger charge is 2.18. The van der Waals surface area contributed by atoms with E-state index < -0.39 is 0 Å². The normalized spacial score (nSPS) is 11.6. The van der Waals surface area contributed by atoms with Gasteiger partial charge in [0.1, 0.15) is 18.1 Å². The second-order valence-corrected chi connectivity index (χ2v) is 5.47. The number of ether oxygens (including phenoxy) is 2. The highest BCUT2D eigenvalue weighted by Crippen LogP contribution is 2.15. The minimum Gasteiger partial charge on any atom is -0.497 e. The van der Waals surface area contributed by atoms with Crippen LogP contribution in [0.1, 0.15) is 19.4 Å². The Kier molecular flexibility index (Phi) is 6.03. The summed E-state index contributed by atoms with van der Waals surface area (Å²) < 4.78 is 10.9. The van der Waals surface area contributed by atoms with Crippen LogP contribution in [0.15, 0.2) is 54.6 Å². The maximum absolute atomic E-state index is 12.0. The standard InChI is InChI=1S/C19H23NO3/c1-15(14-23-19-7-5-4-6-8-19)20(16(2)21)13-17-9-11-18(22-3)12-10-17/h4-12,15H,13-14H2,1-3H3/t15-/m1/s1. The van der Waals surface area contributed by atoms with Crippen LogP contribution >= 0.6 is 0 Å². The molecular weight excluding hydrogens is 290 g/mol. The number of hydrogen-bond donors (Lipinski definition) is 0. The summed E-state index contributed by atoms with van der Waals surface area (Å²) in [5, 5.41) is 0. The third kappa shape index (κ3) is 5.02. The maximum atomic E-state index is 12.0. The average molecular weight is 313 g/mol. The van der Waals surface area contributed by atoms with Crippen molar-refractivity contribution >= 4 is 5.91 Å². The lowest BCUT2D eigenvalue weighted by atomic mass is 10.1. The molecule has 1 amide bonds. The third-order valence-electron chi connectivity index (χ3n) is 3.68. The predicted molar refractivity (Wildman–Crippen MR) is 90.6 cm³/mol. The fourth-order valence-electron chi connectivity index (χ4n) is 2.33. The molecule has 0 aromatic heterocycles. The number of carbonyl (C=O) groups is 1. The highest BCUT2D eigenvalue weighted by atomic mass is 16.5. The number of carbonyl (C=O) groups excluding carboxylic acids is 1. The number of hydrogen-bond acceptors (Lipinski definition) is 3. The lowest BCUT2D eigenvalue weighted by molar-refractivity contribution is -0.132. The molecule has 0 spiro atoms. The Morgan fingerprint density at radius 3 is 2.26 bits per heavy atom. The smallest absolute Gasteiger partial charge is 0.220 e. The van der Waals surface area contributed by atoms with Gasteiger partial charge in [-0.25, -0.2) is 0 Å². The lowest BCUT2D eigenvalue weighted by Crippen LogP contribution is -2.40. The van der Waals surface area contributed by atoms with Crippen LogP contribution in [0.5, 0.6) is 11.5 Å². The van der Waals surface area contributed by atoms with E-state index in [1.54, 1.807) is 14.0 Å². The zero-order valence-corrected chi connectivity index (χ0v) is 13.9. The van der Waals surface area contributed by atoms with Crippen LogP contribution in [-0.4, -0.2) is 30.6 Å². The minimum atomic E-state index is -0.0187. The van der Waals surface area contributed by atoms with Crippen LogP contribution in [0, 0.1) is 0 Å². The molecule has 0 heterocycles. The Hall–Kier alpha value is -2.49. The molecule has 0 N–H and O–H groups in total. The highest BCUT2D eigenvalue weighted by molar-refractivity contribution is 5.73.